The fraction of sp³-hybridized carbons (Fsp3) is 0.231. The van der Waals surface area contributed by atoms with Gasteiger partial charge in [0.15, 0.2) is 0 Å². The van der Waals surface area contributed by atoms with Gasteiger partial charge < -0.3 is 0 Å². The topological polar surface area (TPSA) is 37.4 Å². The third-order valence-electron chi connectivity index (χ3n) is 2.37. The summed E-state index contributed by atoms with van der Waals surface area (Å²) in [6.45, 7) is 9.57. The molecule has 0 unspecified atom stereocenters. The molecule has 0 bridgehead atoms. The van der Waals surface area contributed by atoms with Crippen LogP contribution in [0, 0.1) is 6.92 Å². The summed E-state index contributed by atoms with van der Waals surface area (Å²) in [7, 11) is -3.53. The summed E-state index contributed by atoms with van der Waals surface area (Å²) in [5.74, 6) is 0. The van der Waals surface area contributed by atoms with Crippen LogP contribution in [0.15, 0.2) is 52.9 Å². The van der Waals surface area contributed by atoms with Crippen molar-refractivity contribution in [3.8, 4) is 0 Å². The molecule has 0 atom stereocenters. The van der Waals surface area contributed by atoms with Gasteiger partial charge in [0.25, 0.3) is 0 Å². The van der Waals surface area contributed by atoms with E-state index in [0.29, 0.717) is 4.47 Å². The van der Waals surface area contributed by atoms with Gasteiger partial charge in [0.2, 0.25) is 10.0 Å². The first-order valence-electron chi connectivity index (χ1n) is 5.41. The Kier molecular flexibility index (Phi) is 5.31. The molecule has 0 radical (unpaired) electrons. The zero-order valence-electron chi connectivity index (χ0n) is 10.3. The molecule has 98 valence electrons. The van der Waals surface area contributed by atoms with Crippen LogP contribution in [0.3, 0.4) is 0 Å². The lowest BCUT2D eigenvalue weighted by Crippen LogP contribution is -2.31. The number of hydrogen-bond donors (Lipinski definition) is 0. The van der Waals surface area contributed by atoms with Crippen LogP contribution >= 0.6 is 15.9 Å². The van der Waals surface area contributed by atoms with Crippen molar-refractivity contribution >= 4 is 26.0 Å². The summed E-state index contributed by atoms with van der Waals surface area (Å²) >= 11 is 3.30. The Balaban J connectivity index is 3.25. The molecule has 0 aliphatic carbocycles. The average Bonchev–Trinajstić information content (AvgIpc) is 2.28. The normalized spacial score (nSPS) is 11.5. The Bertz CT molecular complexity index is 542. The van der Waals surface area contributed by atoms with Crippen LogP contribution in [0.5, 0.6) is 0 Å². The lowest BCUT2D eigenvalue weighted by molar-refractivity contribution is 0.474. The molecule has 0 spiro atoms. The van der Waals surface area contributed by atoms with Crippen molar-refractivity contribution in [2.24, 2.45) is 0 Å². The van der Waals surface area contributed by atoms with E-state index >= 15 is 0 Å². The van der Waals surface area contributed by atoms with Crippen molar-refractivity contribution in [1.82, 2.24) is 4.31 Å². The van der Waals surface area contributed by atoms with Gasteiger partial charge in [-0.2, -0.15) is 4.31 Å². The molecule has 0 amide bonds. The van der Waals surface area contributed by atoms with Crippen molar-refractivity contribution in [2.75, 3.05) is 13.1 Å². The molecule has 18 heavy (non-hydrogen) atoms. The Hall–Kier alpha value is -0.910. The number of benzene rings is 1. The van der Waals surface area contributed by atoms with E-state index in [4.69, 9.17) is 0 Å². The average molecular weight is 330 g/mol. The summed E-state index contributed by atoms with van der Waals surface area (Å²) in [5.41, 5.74) is 1.000. The maximum absolute atomic E-state index is 12.4. The lowest BCUT2D eigenvalue weighted by atomic mass is 10.2. The predicted octanol–water partition coefficient (Wildman–Crippen LogP) is 3.12. The minimum absolute atomic E-state index is 0.259. The maximum Gasteiger partial charge on any atom is 0.244 e. The van der Waals surface area contributed by atoms with Crippen LogP contribution in [0.4, 0.5) is 0 Å². The van der Waals surface area contributed by atoms with Crippen LogP contribution < -0.4 is 0 Å². The van der Waals surface area contributed by atoms with Gasteiger partial charge in [-0.1, -0.05) is 18.2 Å². The summed E-state index contributed by atoms with van der Waals surface area (Å²) in [5, 5.41) is 0. The number of halogens is 1. The quantitative estimate of drug-likeness (QED) is 0.752. The molecule has 5 heteroatoms. The third-order valence-corrected chi connectivity index (χ3v) is 5.18. The molecular formula is C13H16BrNO2S. The van der Waals surface area contributed by atoms with E-state index in [-0.39, 0.29) is 18.0 Å². The molecule has 1 aromatic carbocycles. The third kappa shape index (κ3) is 3.31. The summed E-state index contributed by atoms with van der Waals surface area (Å²) < 4.78 is 26.8. The van der Waals surface area contributed by atoms with Gasteiger partial charge in [0, 0.05) is 17.6 Å². The molecule has 1 rings (SSSR count). The molecule has 0 saturated carbocycles. The van der Waals surface area contributed by atoms with E-state index in [1.807, 2.05) is 6.92 Å². The zero-order chi connectivity index (χ0) is 13.8. The molecule has 1 aromatic rings. The van der Waals surface area contributed by atoms with Crippen molar-refractivity contribution in [2.45, 2.75) is 11.8 Å². The highest BCUT2D eigenvalue weighted by Crippen LogP contribution is 2.26. The number of aryl methyl sites for hydroxylation is 1. The van der Waals surface area contributed by atoms with Crippen molar-refractivity contribution in [3.05, 3.63) is 53.5 Å². The predicted molar refractivity (Wildman–Crippen MR) is 78.0 cm³/mol. The monoisotopic (exact) mass is 329 g/mol. The van der Waals surface area contributed by atoms with E-state index in [0.717, 1.165) is 5.56 Å². The number of hydrogen-bond acceptors (Lipinski definition) is 2. The Morgan fingerprint density at radius 3 is 2.28 bits per heavy atom. The highest BCUT2D eigenvalue weighted by molar-refractivity contribution is 9.10. The SMILES string of the molecule is C=CCN(CC=C)S(=O)(=O)c1ccc(C)cc1Br. The second-order valence-electron chi connectivity index (χ2n) is 3.83. The highest BCUT2D eigenvalue weighted by Gasteiger charge is 2.24. The molecule has 3 nitrogen and oxygen atoms in total. The zero-order valence-corrected chi connectivity index (χ0v) is 12.7. The summed E-state index contributed by atoms with van der Waals surface area (Å²) in [6, 6.07) is 5.17. The number of rotatable bonds is 6. The van der Waals surface area contributed by atoms with Gasteiger partial charge in [-0.15, -0.1) is 13.2 Å². The standard InChI is InChI=1S/C13H16BrNO2S/c1-4-8-15(9-5-2)18(16,17)13-7-6-11(3)10-12(13)14/h4-7,10H,1-2,8-9H2,3H3. The summed E-state index contributed by atoms with van der Waals surface area (Å²) in [6.07, 6.45) is 3.12. The number of sulfonamides is 1. The van der Waals surface area contributed by atoms with Crippen molar-refractivity contribution in [3.63, 3.8) is 0 Å². The smallest absolute Gasteiger partial charge is 0.207 e. The molecule has 0 aliphatic heterocycles. The van der Waals surface area contributed by atoms with E-state index < -0.39 is 10.0 Å². The second kappa shape index (κ2) is 6.31. The van der Waals surface area contributed by atoms with Gasteiger partial charge >= 0.3 is 0 Å². The fourth-order valence-corrected chi connectivity index (χ4v) is 4.05. The second-order valence-corrected chi connectivity index (χ2v) is 6.59. The van der Waals surface area contributed by atoms with Crippen LogP contribution in [-0.4, -0.2) is 25.8 Å². The molecule has 0 aliphatic rings. The fourth-order valence-electron chi connectivity index (χ4n) is 1.51. The van der Waals surface area contributed by atoms with Crippen molar-refractivity contribution in [1.29, 1.82) is 0 Å². The Labute approximate surface area is 117 Å². The highest BCUT2D eigenvalue weighted by atomic mass is 79.9. The van der Waals surface area contributed by atoms with Crippen molar-refractivity contribution < 1.29 is 8.42 Å². The Morgan fingerprint density at radius 2 is 1.83 bits per heavy atom. The van der Waals surface area contributed by atoms with E-state index in [2.05, 4.69) is 29.1 Å². The minimum Gasteiger partial charge on any atom is -0.207 e. The largest absolute Gasteiger partial charge is 0.244 e. The molecule has 0 heterocycles. The van der Waals surface area contributed by atoms with Crippen LogP contribution in [-0.2, 0) is 10.0 Å². The Morgan fingerprint density at radius 1 is 1.28 bits per heavy atom. The molecule has 0 aromatic heterocycles. The first-order chi connectivity index (χ1) is 8.43. The summed E-state index contributed by atoms with van der Waals surface area (Å²) in [4.78, 5) is 0.261. The minimum atomic E-state index is -3.53. The van der Waals surface area contributed by atoms with Gasteiger partial charge in [0.05, 0.1) is 4.90 Å². The molecular weight excluding hydrogens is 314 g/mol. The lowest BCUT2D eigenvalue weighted by Gasteiger charge is -2.19. The molecule has 0 saturated heterocycles. The van der Waals surface area contributed by atoms with Gasteiger partial charge in [-0.3, -0.25) is 0 Å². The van der Waals surface area contributed by atoms with E-state index in [9.17, 15) is 8.42 Å². The van der Waals surface area contributed by atoms with E-state index in [1.54, 1.807) is 30.4 Å². The van der Waals surface area contributed by atoms with Crippen LogP contribution in [0.25, 0.3) is 0 Å². The first-order valence-corrected chi connectivity index (χ1v) is 7.65. The van der Waals surface area contributed by atoms with Gasteiger partial charge in [0.1, 0.15) is 0 Å². The van der Waals surface area contributed by atoms with Gasteiger partial charge in [-0.25, -0.2) is 8.42 Å². The van der Waals surface area contributed by atoms with Gasteiger partial charge in [-0.05, 0) is 40.5 Å². The number of nitrogens with zero attached hydrogens (tertiary/aromatic N) is 1. The van der Waals surface area contributed by atoms with E-state index in [1.165, 1.54) is 4.31 Å². The maximum atomic E-state index is 12.4. The molecule has 0 fully saturated rings. The van der Waals surface area contributed by atoms with Crippen LogP contribution in [0.1, 0.15) is 5.56 Å². The molecule has 0 N–H and O–H groups in total. The van der Waals surface area contributed by atoms with Crippen LogP contribution in [0.2, 0.25) is 0 Å². The first kappa shape index (κ1) is 15.1.